The lowest BCUT2D eigenvalue weighted by atomic mass is 10.1. The number of hydrogen-bond donors (Lipinski definition) is 0. The molecule has 2 aromatic heterocycles. The first-order valence-corrected chi connectivity index (χ1v) is 13.5. The Labute approximate surface area is 242 Å². The fourth-order valence-corrected chi connectivity index (χ4v) is 5.43. The topological polar surface area (TPSA) is 82.0 Å². The summed E-state index contributed by atoms with van der Waals surface area (Å²) < 4.78 is 32.0. The minimum absolute atomic E-state index is 0.117. The first-order chi connectivity index (χ1) is 20.5. The number of fused-ring (bicyclic) bond motifs is 1. The van der Waals surface area contributed by atoms with Gasteiger partial charge in [-0.15, -0.1) is 0 Å². The van der Waals surface area contributed by atoms with E-state index in [9.17, 15) is 9.18 Å². The Morgan fingerprint density at radius 2 is 1.50 bits per heavy atom. The second-order valence-corrected chi connectivity index (χ2v) is 9.84. The molecule has 1 aliphatic heterocycles. The van der Waals surface area contributed by atoms with Crippen molar-refractivity contribution < 1.29 is 23.4 Å². The van der Waals surface area contributed by atoms with Gasteiger partial charge in [0.1, 0.15) is 18.0 Å². The Hall–Kier alpha value is -5.12. The molecule has 3 heterocycles. The average Bonchev–Trinajstić information content (AvgIpc) is 3.44. The van der Waals surface area contributed by atoms with Gasteiger partial charge in [0.25, 0.3) is 5.91 Å². The van der Waals surface area contributed by atoms with Crippen molar-refractivity contribution in [2.24, 2.45) is 0 Å². The molecule has 1 aliphatic rings. The van der Waals surface area contributed by atoms with E-state index in [1.54, 1.807) is 30.6 Å². The third-order valence-corrected chi connectivity index (χ3v) is 7.53. The van der Waals surface area contributed by atoms with Gasteiger partial charge in [0.05, 0.1) is 26.7 Å². The molecule has 0 radical (unpaired) electrons. The SMILES string of the molecule is COc1cc(C(=O)N2CCN(c3ncnc4c3c(-c3ccccc3)cn4-c3ccc(F)cc3)CC2)cc(OC)c1OC. The molecular formula is C32H30FN5O4. The number of halogens is 1. The van der Waals surface area contributed by atoms with Gasteiger partial charge in [-0.25, -0.2) is 14.4 Å². The second-order valence-electron chi connectivity index (χ2n) is 9.84. The van der Waals surface area contributed by atoms with Crippen molar-refractivity contribution in [3.8, 4) is 34.1 Å². The van der Waals surface area contributed by atoms with Gasteiger partial charge in [0.15, 0.2) is 17.1 Å². The molecule has 0 N–H and O–H groups in total. The van der Waals surface area contributed by atoms with Crippen LogP contribution in [0.25, 0.3) is 27.8 Å². The van der Waals surface area contributed by atoms with Crippen molar-refractivity contribution in [1.82, 2.24) is 19.4 Å². The molecule has 1 saturated heterocycles. The van der Waals surface area contributed by atoms with E-state index in [1.807, 2.05) is 33.9 Å². The van der Waals surface area contributed by atoms with E-state index < -0.39 is 0 Å². The zero-order valence-electron chi connectivity index (χ0n) is 23.6. The fourth-order valence-electron chi connectivity index (χ4n) is 5.43. The largest absolute Gasteiger partial charge is 0.493 e. The number of methoxy groups -OCH3 is 3. The first-order valence-electron chi connectivity index (χ1n) is 13.5. The highest BCUT2D eigenvalue weighted by atomic mass is 19.1. The molecular weight excluding hydrogens is 537 g/mol. The number of piperazine rings is 1. The van der Waals surface area contributed by atoms with Crippen molar-refractivity contribution in [3.63, 3.8) is 0 Å². The summed E-state index contributed by atoms with van der Waals surface area (Å²) in [5, 5.41) is 0.900. The number of amides is 1. The first kappa shape index (κ1) is 27.1. The second kappa shape index (κ2) is 11.4. The highest BCUT2D eigenvalue weighted by Gasteiger charge is 2.28. The number of aromatic nitrogens is 3. The Kier molecular flexibility index (Phi) is 7.35. The minimum Gasteiger partial charge on any atom is -0.493 e. The standard InChI is InChI=1S/C32H30FN5O4/c1-40-26-17-22(18-27(41-2)29(26)42-3)32(39)37-15-13-36(14-16-37)30-28-25(21-7-5-4-6-8-21)19-38(31(28)35-20-34-30)24-11-9-23(33)10-12-24/h4-12,17-20H,13-16H2,1-3H3. The Morgan fingerprint density at radius 3 is 2.12 bits per heavy atom. The van der Waals surface area contributed by atoms with Crippen molar-refractivity contribution in [1.29, 1.82) is 0 Å². The molecule has 6 rings (SSSR count). The van der Waals surface area contributed by atoms with Crippen LogP contribution in [-0.2, 0) is 0 Å². The van der Waals surface area contributed by atoms with Crippen LogP contribution in [0.4, 0.5) is 10.2 Å². The molecule has 0 atom stereocenters. The van der Waals surface area contributed by atoms with E-state index in [4.69, 9.17) is 19.2 Å². The molecule has 214 valence electrons. The van der Waals surface area contributed by atoms with E-state index in [-0.39, 0.29) is 11.7 Å². The van der Waals surface area contributed by atoms with E-state index in [1.165, 1.54) is 33.5 Å². The molecule has 10 heteroatoms. The zero-order valence-corrected chi connectivity index (χ0v) is 23.6. The van der Waals surface area contributed by atoms with Gasteiger partial charge in [-0.3, -0.25) is 4.79 Å². The Morgan fingerprint density at radius 1 is 0.833 bits per heavy atom. The Balaban J connectivity index is 1.32. The van der Waals surface area contributed by atoms with E-state index in [2.05, 4.69) is 22.0 Å². The fraction of sp³-hybridized carbons (Fsp3) is 0.219. The van der Waals surface area contributed by atoms with Crippen molar-refractivity contribution in [2.75, 3.05) is 52.4 Å². The van der Waals surface area contributed by atoms with Crippen molar-refractivity contribution >= 4 is 22.8 Å². The van der Waals surface area contributed by atoms with Gasteiger partial charge >= 0.3 is 0 Å². The van der Waals surface area contributed by atoms with Crippen LogP contribution in [0.15, 0.2) is 79.3 Å². The summed E-state index contributed by atoms with van der Waals surface area (Å²) in [4.78, 5) is 26.9. The van der Waals surface area contributed by atoms with Gasteiger partial charge in [0.2, 0.25) is 5.75 Å². The number of ether oxygens (including phenoxy) is 3. The maximum Gasteiger partial charge on any atom is 0.254 e. The molecule has 0 unspecified atom stereocenters. The summed E-state index contributed by atoms with van der Waals surface area (Å²) in [7, 11) is 4.59. The highest BCUT2D eigenvalue weighted by Crippen LogP contribution is 2.39. The lowest BCUT2D eigenvalue weighted by Crippen LogP contribution is -2.49. The van der Waals surface area contributed by atoms with E-state index in [0.29, 0.717) is 49.0 Å². The number of rotatable bonds is 7. The molecule has 0 bridgehead atoms. The van der Waals surface area contributed by atoms with Crippen molar-refractivity contribution in [3.05, 3.63) is 90.6 Å². The molecule has 42 heavy (non-hydrogen) atoms. The summed E-state index contributed by atoms with van der Waals surface area (Å²) in [6.45, 7) is 2.16. The number of anilines is 1. The van der Waals surface area contributed by atoms with E-state index in [0.717, 1.165) is 33.7 Å². The van der Waals surface area contributed by atoms with Gasteiger partial charge in [0, 0.05) is 49.2 Å². The molecule has 0 saturated carbocycles. The maximum absolute atomic E-state index is 13.7. The molecule has 1 amide bonds. The third kappa shape index (κ3) is 4.85. The number of carbonyl (C=O) groups is 1. The van der Waals surface area contributed by atoms with Crippen molar-refractivity contribution in [2.45, 2.75) is 0 Å². The lowest BCUT2D eigenvalue weighted by Gasteiger charge is -2.36. The van der Waals surface area contributed by atoms with E-state index >= 15 is 0 Å². The summed E-state index contributed by atoms with van der Waals surface area (Å²) in [5.41, 5.74) is 3.98. The Bertz CT molecular complexity index is 1710. The van der Waals surface area contributed by atoms with Crippen LogP contribution in [0.5, 0.6) is 17.2 Å². The maximum atomic E-state index is 13.7. The van der Waals surface area contributed by atoms with Gasteiger partial charge in [-0.2, -0.15) is 0 Å². The summed E-state index contributed by atoms with van der Waals surface area (Å²) >= 11 is 0. The molecule has 9 nitrogen and oxygen atoms in total. The average molecular weight is 568 g/mol. The summed E-state index contributed by atoms with van der Waals surface area (Å²) in [6, 6.07) is 19.8. The summed E-state index contributed by atoms with van der Waals surface area (Å²) in [5.74, 6) is 1.68. The number of benzene rings is 3. The van der Waals surface area contributed by atoms with Crippen LogP contribution in [0.1, 0.15) is 10.4 Å². The zero-order chi connectivity index (χ0) is 29.2. The minimum atomic E-state index is -0.298. The highest BCUT2D eigenvalue weighted by molar-refractivity contribution is 6.02. The monoisotopic (exact) mass is 567 g/mol. The number of nitrogens with zero attached hydrogens (tertiary/aromatic N) is 5. The number of carbonyl (C=O) groups excluding carboxylic acids is 1. The quantitative estimate of drug-likeness (QED) is 0.267. The predicted molar refractivity (Wildman–Crippen MR) is 158 cm³/mol. The molecule has 0 spiro atoms. The summed E-state index contributed by atoms with van der Waals surface area (Å²) in [6.07, 6.45) is 3.58. The van der Waals surface area contributed by atoms with Gasteiger partial charge < -0.3 is 28.6 Å². The normalized spacial score (nSPS) is 13.3. The van der Waals surface area contributed by atoms with Crippen LogP contribution in [-0.4, -0.2) is 72.9 Å². The third-order valence-electron chi connectivity index (χ3n) is 7.53. The van der Waals surface area contributed by atoms with Crippen LogP contribution >= 0.6 is 0 Å². The molecule has 5 aromatic rings. The van der Waals surface area contributed by atoms with Gasteiger partial charge in [-0.05, 0) is 42.0 Å². The van der Waals surface area contributed by atoms with Gasteiger partial charge in [-0.1, -0.05) is 30.3 Å². The van der Waals surface area contributed by atoms with Crippen LogP contribution in [0, 0.1) is 5.82 Å². The lowest BCUT2D eigenvalue weighted by molar-refractivity contribution is 0.0745. The molecule has 3 aromatic carbocycles. The number of hydrogen-bond acceptors (Lipinski definition) is 7. The molecule has 1 fully saturated rings. The van der Waals surface area contributed by atoms with Crippen LogP contribution in [0.3, 0.4) is 0 Å². The van der Waals surface area contributed by atoms with Crippen LogP contribution in [0.2, 0.25) is 0 Å². The smallest absolute Gasteiger partial charge is 0.254 e. The predicted octanol–water partition coefficient (Wildman–Crippen LogP) is 5.21. The molecule has 0 aliphatic carbocycles. The van der Waals surface area contributed by atoms with Crippen LogP contribution < -0.4 is 19.1 Å².